The maximum Gasteiger partial charge on any atom is 0.253 e. The Labute approximate surface area is 124 Å². The molecule has 1 aliphatic rings. The maximum atomic E-state index is 12.4. The Hall–Kier alpha value is -0.970. The van der Waals surface area contributed by atoms with E-state index in [1.54, 1.807) is 6.92 Å². The zero-order valence-electron chi connectivity index (χ0n) is 11.6. The van der Waals surface area contributed by atoms with Gasteiger partial charge in [0.05, 0.1) is 17.3 Å². The quantitative estimate of drug-likeness (QED) is 0.930. The molecule has 2 rings (SSSR count). The van der Waals surface area contributed by atoms with Gasteiger partial charge in [-0.3, -0.25) is 0 Å². The molecule has 0 saturated heterocycles. The number of hydrogen-bond donors (Lipinski definition) is 1. The minimum atomic E-state index is -3.65. The summed E-state index contributed by atoms with van der Waals surface area (Å²) < 4.78 is 27.6. The molecule has 0 spiro atoms. The highest BCUT2D eigenvalue weighted by molar-refractivity contribution is 7.91. The van der Waals surface area contributed by atoms with Crippen LogP contribution in [0.25, 0.3) is 0 Å². The zero-order chi connectivity index (χ0) is 14.6. The average molecular weight is 313 g/mol. The fraction of sp³-hybridized carbons (Fsp3) is 0.692. The first kappa shape index (κ1) is 15.4. The number of nitriles is 1. The van der Waals surface area contributed by atoms with Crippen LogP contribution < -0.4 is 4.72 Å². The summed E-state index contributed by atoms with van der Waals surface area (Å²) in [6, 6.07) is 2.21. The average Bonchev–Trinajstić information content (AvgIpc) is 2.80. The van der Waals surface area contributed by atoms with E-state index in [1.165, 1.54) is 12.6 Å². The second-order valence-electron chi connectivity index (χ2n) is 5.27. The van der Waals surface area contributed by atoms with Crippen molar-refractivity contribution in [1.29, 1.82) is 5.26 Å². The van der Waals surface area contributed by atoms with E-state index < -0.39 is 15.6 Å². The van der Waals surface area contributed by atoms with Crippen LogP contribution in [0.2, 0.25) is 0 Å². The van der Waals surface area contributed by atoms with Crippen LogP contribution >= 0.6 is 11.3 Å². The number of rotatable bonds is 3. The van der Waals surface area contributed by atoms with Crippen molar-refractivity contribution in [2.45, 2.75) is 61.6 Å². The van der Waals surface area contributed by atoms with E-state index in [1.807, 2.05) is 0 Å². The first-order valence-electron chi connectivity index (χ1n) is 6.85. The van der Waals surface area contributed by atoms with E-state index in [2.05, 4.69) is 15.8 Å². The van der Waals surface area contributed by atoms with E-state index in [-0.39, 0.29) is 4.21 Å². The van der Waals surface area contributed by atoms with Crippen LogP contribution in [0.3, 0.4) is 0 Å². The van der Waals surface area contributed by atoms with Gasteiger partial charge in [-0.25, -0.2) is 13.4 Å². The minimum absolute atomic E-state index is 0.187. The van der Waals surface area contributed by atoms with Crippen LogP contribution in [0.15, 0.2) is 10.4 Å². The number of aryl methyl sites for hydroxylation is 1. The molecule has 0 amide bonds. The van der Waals surface area contributed by atoms with E-state index in [4.69, 9.17) is 0 Å². The molecule has 1 saturated carbocycles. The van der Waals surface area contributed by atoms with Gasteiger partial charge in [-0.15, -0.1) is 11.3 Å². The van der Waals surface area contributed by atoms with Gasteiger partial charge in [0.15, 0.2) is 4.21 Å². The Morgan fingerprint density at radius 1 is 1.30 bits per heavy atom. The fourth-order valence-electron chi connectivity index (χ4n) is 2.52. The smallest absolute Gasteiger partial charge is 0.249 e. The largest absolute Gasteiger partial charge is 0.253 e. The summed E-state index contributed by atoms with van der Waals surface area (Å²) in [5, 5.41) is 10.2. The van der Waals surface area contributed by atoms with Gasteiger partial charge in [0.1, 0.15) is 5.54 Å². The molecule has 1 aromatic heterocycles. The lowest BCUT2D eigenvalue weighted by Gasteiger charge is -2.29. The zero-order valence-corrected chi connectivity index (χ0v) is 13.2. The van der Waals surface area contributed by atoms with Crippen molar-refractivity contribution >= 4 is 21.4 Å². The van der Waals surface area contributed by atoms with Crippen LogP contribution in [-0.2, 0) is 10.0 Å². The number of thiazole rings is 1. The van der Waals surface area contributed by atoms with Gasteiger partial charge in [-0.05, 0) is 19.8 Å². The molecular weight excluding hydrogens is 294 g/mol. The first-order chi connectivity index (χ1) is 9.47. The molecule has 0 unspecified atom stereocenters. The SMILES string of the molecule is Cc1ncc(S(=O)(=O)NC2(C#N)CCCCCCC2)s1. The molecule has 1 fully saturated rings. The second kappa shape index (κ2) is 6.20. The summed E-state index contributed by atoms with van der Waals surface area (Å²) in [6.07, 6.45) is 7.59. The summed E-state index contributed by atoms with van der Waals surface area (Å²) in [5.74, 6) is 0. The summed E-state index contributed by atoms with van der Waals surface area (Å²) in [6.45, 7) is 1.76. The standard InChI is InChI=1S/C13H19N3O2S2/c1-11-15-9-12(19-11)20(17,18)16-13(10-14)7-5-3-2-4-6-8-13/h9,16H,2-8H2,1H3. The Balaban J connectivity index is 2.22. The lowest BCUT2D eigenvalue weighted by atomic mass is 9.86. The predicted molar refractivity (Wildman–Crippen MR) is 77.8 cm³/mol. The highest BCUT2D eigenvalue weighted by Gasteiger charge is 2.35. The molecule has 20 heavy (non-hydrogen) atoms. The molecule has 7 heteroatoms. The number of aromatic nitrogens is 1. The van der Waals surface area contributed by atoms with Gasteiger partial charge < -0.3 is 0 Å². The lowest BCUT2D eigenvalue weighted by Crippen LogP contribution is -2.47. The van der Waals surface area contributed by atoms with Crippen LogP contribution in [0.1, 0.15) is 50.0 Å². The number of nitrogens with zero attached hydrogens (tertiary/aromatic N) is 2. The molecular formula is C13H19N3O2S2. The molecule has 110 valence electrons. The first-order valence-corrected chi connectivity index (χ1v) is 9.15. The van der Waals surface area contributed by atoms with E-state index >= 15 is 0 Å². The molecule has 5 nitrogen and oxygen atoms in total. The summed E-state index contributed by atoms with van der Waals surface area (Å²) in [4.78, 5) is 3.97. The highest BCUT2D eigenvalue weighted by Crippen LogP contribution is 2.28. The molecule has 1 aliphatic carbocycles. The number of hydrogen-bond acceptors (Lipinski definition) is 5. The molecule has 1 heterocycles. The summed E-state index contributed by atoms with van der Waals surface area (Å²) >= 11 is 1.13. The van der Waals surface area contributed by atoms with Crippen LogP contribution in [0, 0.1) is 18.3 Å². The molecule has 0 aromatic carbocycles. The van der Waals surface area contributed by atoms with Gasteiger partial charge in [0.25, 0.3) is 10.0 Å². The van der Waals surface area contributed by atoms with Gasteiger partial charge in [-0.2, -0.15) is 9.98 Å². The van der Waals surface area contributed by atoms with Crippen molar-refractivity contribution in [2.75, 3.05) is 0 Å². The molecule has 1 N–H and O–H groups in total. The third-order valence-corrected chi connectivity index (χ3v) is 6.53. The Kier molecular flexibility index (Phi) is 4.78. The number of sulfonamides is 1. The number of nitrogens with one attached hydrogen (secondary N) is 1. The molecule has 0 atom stereocenters. The van der Waals surface area contributed by atoms with Crippen molar-refractivity contribution < 1.29 is 8.42 Å². The molecule has 0 aliphatic heterocycles. The second-order valence-corrected chi connectivity index (χ2v) is 8.41. The van der Waals surface area contributed by atoms with Crippen molar-refractivity contribution in [3.63, 3.8) is 0 Å². The fourth-order valence-corrected chi connectivity index (χ4v) is 5.00. The summed E-state index contributed by atoms with van der Waals surface area (Å²) in [5.41, 5.74) is -0.961. The molecule has 1 aromatic rings. The highest BCUT2D eigenvalue weighted by atomic mass is 32.2. The van der Waals surface area contributed by atoms with Crippen LogP contribution in [0.4, 0.5) is 0 Å². The maximum absolute atomic E-state index is 12.4. The Morgan fingerprint density at radius 3 is 2.40 bits per heavy atom. The van der Waals surface area contributed by atoms with E-state index in [0.717, 1.165) is 37.0 Å². The van der Waals surface area contributed by atoms with E-state index in [0.29, 0.717) is 17.8 Å². The predicted octanol–water partition coefficient (Wildman–Crippen LogP) is 2.74. The van der Waals surface area contributed by atoms with E-state index in [9.17, 15) is 13.7 Å². The minimum Gasteiger partial charge on any atom is -0.249 e. The topological polar surface area (TPSA) is 82.8 Å². The lowest BCUT2D eigenvalue weighted by molar-refractivity contribution is 0.357. The van der Waals surface area contributed by atoms with Crippen LogP contribution in [-0.4, -0.2) is 18.9 Å². The van der Waals surface area contributed by atoms with Crippen molar-refractivity contribution in [3.8, 4) is 6.07 Å². The third-order valence-electron chi connectivity index (χ3n) is 3.62. The Morgan fingerprint density at radius 2 is 1.90 bits per heavy atom. The molecule has 0 bridgehead atoms. The van der Waals surface area contributed by atoms with Crippen molar-refractivity contribution in [3.05, 3.63) is 11.2 Å². The van der Waals surface area contributed by atoms with Gasteiger partial charge in [0, 0.05) is 0 Å². The third kappa shape index (κ3) is 3.57. The summed E-state index contributed by atoms with van der Waals surface area (Å²) in [7, 11) is -3.65. The monoisotopic (exact) mass is 313 g/mol. The molecule has 0 radical (unpaired) electrons. The normalized spacial score (nSPS) is 19.8. The van der Waals surface area contributed by atoms with Gasteiger partial charge in [0.2, 0.25) is 0 Å². The Bertz CT molecular complexity index is 593. The van der Waals surface area contributed by atoms with Crippen LogP contribution in [0.5, 0.6) is 0 Å². The van der Waals surface area contributed by atoms with Gasteiger partial charge >= 0.3 is 0 Å². The van der Waals surface area contributed by atoms with Crippen molar-refractivity contribution in [1.82, 2.24) is 9.71 Å². The van der Waals surface area contributed by atoms with Crippen molar-refractivity contribution in [2.24, 2.45) is 0 Å². The van der Waals surface area contributed by atoms with Gasteiger partial charge in [-0.1, -0.05) is 32.1 Å².